The van der Waals surface area contributed by atoms with Crippen LogP contribution in [0.3, 0.4) is 0 Å². The van der Waals surface area contributed by atoms with Crippen LogP contribution in [0.2, 0.25) is 5.02 Å². The third-order valence-corrected chi connectivity index (χ3v) is 5.02. The van der Waals surface area contributed by atoms with Crippen LogP contribution in [0.5, 0.6) is 0 Å². The highest BCUT2D eigenvalue weighted by Gasteiger charge is 2.24. The number of benzene rings is 2. The third-order valence-electron chi connectivity index (χ3n) is 4.77. The van der Waals surface area contributed by atoms with E-state index in [1.807, 2.05) is 6.07 Å². The predicted octanol–water partition coefficient (Wildman–Crippen LogP) is 5.78. The summed E-state index contributed by atoms with van der Waals surface area (Å²) in [7, 11) is 0. The van der Waals surface area contributed by atoms with Crippen molar-refractivity contribution in [3.63, 3.8) is 0 Å². The van der Waals surface area contributed by atoms with Crippen molar-refractivity contribution >= 4 is 23.2 Å². The molecule has 126 valence electrons. The van der Waals surface area contributed by atoms with Crippen molar-refractivity contribution in [1.29, 1.82) is 0 Å². The fraction of sp³-hybridized carbons (Fsp3) is 0.350. The molecule has 3 rings (SSSR count). The summed E-state index contributed by atoms with van der Waals surface area (Å²) in [6.07, 6.45) is 4.59. The smallest absolute Gasteiger partial charge is 0.224 e. The van der Waals surface area contributed by atoms with Gasteiger partial charge in [-0.3, -0.25) is 4.79 Å². The molecule has 2 aromatic rings. The number of carbonyl (C=O) groups is 1. The first kappa shape index (κ1) is 17.0. The molecule has 0 saturated heterocycles. The Morgan fingerprint density at radius 2 is 1.79 bits per heavy atom. The van der Waals surface area contributed by atoms with Crippen molar-refractivity contribution < 1.29 is 9.18 Å². The number of halogens is 2. The molecule has 1 amide bonds. The summed E-state index contributed by atoms with van der Waals surface area (Å²) in [6, 6.07) is 14.0. The van der Waals surface area contributed by atoms with E-state index in [-0.39, 0.29) is 11.7 Å². The Balaban J connectivity index is 1.48. The lowest BCUT2D eigenvalue weighted by atomic mass is 9.77. The zero-order chi connectivity index (χ0) is 16.9. The van der Waals surface area contributed by atoms with Gasteiger partial charge in [0.1, 0.15) is 5.82 Å². The minimum absolute atomic E-state index is 0.0477. The van der Waals surface area contributed by atoms with Crippen LogP contribution in [-0.2, 0) is 4.79 Å². The maximum absolute atomic E-state index is 13.3. The lowest BCUT2D eigenvalue weighted by Crippen LogP contribution is -2.20. The van der Waals surface area contributed by atoms with Crippen molar-refractivity contribution in [2.24, 2.45) is 5.92 Å². The summed E-state index contributed by atoms with van der Waals surface area (Å²) >= 11 is 5.84. The van der Waals surface area contributed by atoms with Crippen molar-refractivity contribution in [1.82, 2.24) is 0 Å². The molecule has 0 bridgehead atoms. The van der Waals surface area contributed by atoms with Gasteiger partial charge >= 0.3 is 0 Å². The van der Waals surface area contributed by atoms with Gasteiger partial charge in [-0.05, 0) is 79.5 Å². The zero-order valence-corrected chi connectivity index (χ0v) is 14.2. The Kier molecular flexibility index (Phi) is 5.52. The number of anilines is 1. The second kappa shape index (κ2) is 7.80. The van der Waals surface area contributed by atoms with Crippen LogP contribution in [0.1, 0.15) is 43.6 Å². The molecule has 0 radical (unpaired) electrons. The van der Waals surface area contributed by atoms with Crippen LogP contribution >= 0.6 is 11.6 Å². The molecule has 4 heteroatoms. The molecule has 0 aromatic heterocycles. The zero-order valence-electron chi connectivity index (χ0n) is 13.5. The number of nitrogens with one attached hydrogen (secondary N) is 1. The molecule has 1 fully saturated rings. The van der Waals surface area contributed by atoms with E-state index in [1.165, 1.54) is 6.07 Å². The number of carbonyl (C=O) groups excluding carboxylic acids is 1. The fourth-order valence-corrected chi connectivity index (χ4v) is 3.59. The summed E-state index contributed by atoms with van der Waals surface area (Å²) in [5, 5.41) is 3.58. The summed E-state index contributed by atoms with van der Waals surface area (Å²) in [5.74, 6) is 0.696. The van der Waals surface area contributed by atoms with Crippen LogP contribution in [0, 0.1) is 11.7 Å². The summed E-state index contributed by atoms with van der Waals surface area (Å²) < 4.78 is 13.3. The number of rotatable bonds is 4. The molecular formula is C20H21ClFNO. The normalized spacial score (nSPS) is 20.6. The predicted molar refractivity (Wildman–Crippen MR) is 95.8 cm³/mol. The first-order chi connectivity index (χ1) is 11.6. The number of amides is 1. The molecule has 1 N–H and O–H groups in total. The van der Waals surface area contributed by atoms with Gasteiger partial charge in [0.25, 0.3) is 0 Å². The Bertz CT molecular complexity index is 693. The van der Waals surface area contributed by atoms with Gasteiger partial charge in [0, 0.05) is 17.1 Å². The van der Waals surface area contributed by atoms with Crippen molar-refractivity contribution in [3.8, 4) is 0 Å². The highest BCUT2D eigenvalue weighted by molar-refractivity contribution is 6.30. The van der Waals surface area contributed by atoms with Gasteiger partial charge in [-0.1, -0.05) is 23.7 Å². The van der Waals surface area contributed by atoms with Gasteiger partial charge in [-0.2, -0.15) is 0 Å². The molecule has 2 aromatic carbocycles. The van der Waals surface area contributed by atoms with E-state index >= 15 is 0 Å². The average Bonchev–Trinajstić information content (AvgIpc) is 2.58. The van der Waals surface area contributed by atoms with E-state index in [1.54, 1.807) is 36.4 Å². The Hall–Kier alpha value is -1.87. The maximum atomic E-state index is 13.3. The largest absolute Gasteiger partial charge is 0.326 e. The summed E-state index contributed by atoms with van der Waals surface area (Å²) in [5.41, 5.74) is 1.86. The third kappa shape index (κ3) is 4.57. The molecule has 1 aliphatic rings. The molecule has 2 nitrogen and oxygen atoms in total. The monoisotopic (exact) mass is 345 g/mol. The first-order valence-electron chi connectivity index (χ1n) is 8.41. The molecule has 0 heterocycles. The van der Waals surface area contributed by atoms with E-state index in [0.29, 0.717) is 23.3 Å². The second-order valence-corrected chi connectivity index (χ2v) is 6.97. The van der Waals surface area contributed by atoms with Gasteiger partial charge in [-0.25, -0.2) is 4.39 Å². The first-order valence-corrected chi connectivity index (χ1v) is 8.79. The van der Waals surface area contributed by atoms with E-state index in [4.69, 9.17) is 11.6 Å². The fourth-order valence-electron chi connectivity index (χ4n) is 3.47. The van der Waals surface area contributed by atoms with E-state index < -0.39 is 0 Å². The molecule has 0 atom stereocenters. The molecule has 24 heavy (non-hydrogen) atoms. The summed E-state index contributed by atoms with van der Waals surface area (Å²) in [6.45, 7) is 0. The van der Waals surface area contributed by atoms with Gasteiger partial charge in [0.15, 0.2) is 0 Å². The molecule has 1 saturated carbocycles. The summed E-state index contributed by atoms with van der Waals surface area (Å²) in [4.78, 5) is 12.2. The minimum atomic E-state index is -0.169. The van der Waals surface area contributed by atoms with E-state index in [0.717, 1.165) is 36.9 Å². The second-order valence-electron chi connectivity index (χ2n) is 6.53. The van der Waals surface area contributed by atoms with Crippen LogP contribution in [0.25, 0.3) is 0 Å². The highest BCUT2D eigenvalue weighted by atomic mass is 35.5. The van der Waals surface area contributed by atoms with Gasteiger partial charge < -0.3 is 5.32 Å². The topological polar surface area (TPSA) is 29.1 Å². The van der Waals surface area contributed by atoms with Crippen LogP contribution in [0.15, 0.2) is 48.5 Å². The maximum Gasteiger partial charge on any atom is 0.224 e. The van der Waals surface area contributed by atoms with E-state index in [9.17, 15) is 9.18 Å². The van der Waals surface area contributed by atoms with Gasteiger partial charge in [0.2, 0.25) is 5.91 Å². The Morgan fingerprint density at radius 3 is 2.46 bits per heavy atom. The standard InChI is InChI=1S/C20H21ClFNO/c21-17-8-10-19(11-9-17)23-20(24)12-14-4-6-15(7-5-14)16-2-1-3-18(22)13-16/h1-3,8-11,13-15H,4-7,12H2,(H,23,24)/t14-,15+. The molecule has 1 aliphatic carbocycles. The van der Waals surface area contributed by atoms with E-state index in [2.05, 4.69) is 5.32 Å². The van der Waals surface area contributed by atoms with Crippen LogP contribution in [-0.4, -0.2) is 5.91 Å². The highest BCUT2D eigenvalue weighted by Crippen LogP contribution is 2.37. The molecule has 0 aliphatic heterocycles. The Morgan fingerprint density at radius 1 is 1.08 bits per heavy atom. The van der Waals surface area contributed by atoms with Crippen LogP contribution < -0.4 is 5.32 Å². The quantitative estimate of drug-likeness (QED) is 0.747. The van der Waals surface area contributed by atoms with Gasteiger partial charge in [0.05, 0.1) is 0 Å². The van der Waals surface area contributed by atoms with Crippen molar-refractivity contribution in [3.05, 3.63) is 64.9 Å². The average molecular weight is 346 g/mol. The minimum Gasteiger partial charge on any atom is -0.326 e. The number of hydrogen-bond donors (Lipinski definition) is 1. The molecule has 0 unspecified atom stereocenters. The number of hydrogen-bond acceptors (Lipinski definition) is 1. The Labute approximate surface area is 147 Å². The van der Waals surface area contributed by atoms with Crippen molar-refractivity contribution in [2.75, 3.05) is 5.32 Å². The SMILES string of the molecule is O=C(C[C@H]1CC[C@@H](c2cccc(F)c2)CC1)Nc1ccc(Cl)cc1. The lowest BCUT2D eigenvalue weighted by Gasteiger charge is -2.28. The molecule has 0 spiro atoms. The van der Waals surface area contributed by atoms with Crippen LogP contribution in [0.4, 0.5) is 10.1 Å². The molecular weight excluding hydrogens is 325 g/mol. The van der Waals surface area contributed by atoms with Crippen molar-refractivity contribution in [2.45, 2.75) is 38.0 Å². The van der Waals surface area contributed by atoms with Gasteiger partial charge in [-0.15, -0.1) is 0 Å². The lowest BCUT2D eigenvalue weighted by molar-refractivity contribution is -0.117.